The largest absolute Gasteiger partial charge is 0.269 e. The first-order valence-corrected chi connectivity index (χ1v) is 7.87. The summed E-state index contributed by atoms with van der Waals surface area (Å²) in [5.41, 5.74) is 1.67. The van der Waals surface area contributed by atoms with Crippen molar-refractivity contribution in [3.63, 3.8) is 0 Å². The average molecular weight is 304 g/mol. The first-order chi connectivity index (χ1) is 6.90. The fraction of sp³-hybridized carbons (Fsp3) is 0.385. The molecule has 0 bridgehead atoms. The fourth-order valence-corrected chi connectivity index (χ4v) is 5.30. The molecule has 0 N–H and O–H groups in total. The van der Waals surface area contributed by atoms with Gasteiger partial charge in [-0.2, -0.15) is 0 Å². The molecule has 0 amide bonds. The van der Waals surface area contributed by atoms with Crippen LogP contribution in [0, 0.1) is 0 Å². The van der Waals surface area contributed by atoms with Crippen molar-refractivity contribution in [2.45, 2.75) is 32.6 Å². The summed E-state index contributed by atoms with van der Waals surface area (Å²) in [5.74, 6) is 0. The molecule has 0 aromatic heterocycles. The van der Waals surface area contributed by atoms with Crippen LogP contribution >= 0.6 is 0 Å². The van der Waals surface area contributed by atoms with Crippen LogP contribution in [0.2, 0.25) is 0 Å². The standard InChI is InChI=1S/C8H11.C5H5.2FH.Zr/c1-2-5-8-6-3-4-7-8;1-2-4-5-3-1;;;/h3,6H,2,4-5H2,1H3;1-3H,4H2;2*1H;. The van der Waals surface area contributed by atoms with Crippen LogP contribution in [-0.2, 0) is 23.2 Å². The van der Waals surface area contributed by atoms with Gasteiger partial charge < -0.3 is 0 Å². The molecule has 88 valence electrons. The molecule has 0 unspecified atom stereocenters. The van der Waals surface area contributed by atoms with Gasteiger partial charge in [-0.15, -0.1) is 0 Å². The summed E-state index contributed by atoms with van der Waals surface area (Å²) in [7, 11) is 0. The molecule has 2 aliphatic carbocycles. The Kier molecular flexibility index (Phi) is 7.75. The van der Waals surface area contributed by atoms with Gasteiger partial charge >= 0.3 is 98.4 Å². The Morgan fingerprint density at radius 3 is 2.62 bits per heavy atom. The number of hydrogen-bond donors (Lipinski definition) is 0. The van der Waals surface area contributed by atoms with E-state index in [4.69, 9.17) is 0 Å². The zero-order valence-corrected chi connectivity index (χ0v) is 12.0. The minimum Gasteiger partial charge on any atom is -0.269 e. The van der Waals surface area contributed by atoms with Gasteiger partial charge in [0.2, 0.25) is 0 Å². The summed E-state index contributed by atoms with van der Waals surface area (Å²) in [6.07, 6.45) is 16.7. The number of rotatable bonds is 4. The van der Waals surface area contributed by atoms with E-state index in [0.717, 1.165) is 0 Å². The van der Waals surface area contributed by atoms with Crippen molar-refractivity contribution in [2.75, 3.05) is 0 Å². The molecule has 0 saturated heterocycles. The van der Waals surface area contributed by atoms with Gasteiger partial charge in [-0.1, -0.05) is 0 Å². The van der Waals surface area contributed by atoms with Gasteiger partial charge in [0.1, 0.15) is 0 Å². The van der Waals surface area contributed by atoms with Gasteiger partial charge in [-0.3, -0.25) is 9.41 Å². The van der Waals surface area contributed by atoms with E-state index in [2.05, 4.69) is 37.3 Å². The molecule has 0 spiro atoms. The second-order valence-corrected chi connectivity index (χ2v) is 7.49. The van der Waals surface area contributed by atoms with Gasteiger partial charge in [0.25, 0.3) is 0 Å². The minimum atomic E-state index is -0.377. The molecule has 16 heavy (non-hydrogen) atoms. The summed E-state index contributed by atoms with van der Waals surface area (Å²) < 4.78 is 3.58. The Bertz CT molecular complexity index is 338. The maximum Gasteiger partial charge on any atom is -0.269 e. The summed E-state index contributed by atoms with van der Waals surface area (Å²) in [6.45, 7) is 2.28. The van der Waals surface area contributed by atoms with Crippen LogP contribution in [0.25, 0.3) is 0 Å². The van der Waals surface area contributed by atoms with Crippen LogP contribution < -0.4 is 0 Å². The van der Waals surface area contributed by atoms with Crippen molar-refractivity contribution in [2.24, 2.45) is 0 Å². The molecule has 2 rings (SSSR count). The van der Waals surface area contributed by atoms with E-state index in [1.807, 2.05) is 3.28 Å². The molecular weight excluding hydrogens is 285 g/mol. The van der Waals surface area contributed by atoms with Crippen LogP contribution in [0.1, 0.15) is 32.6 Å². The quantitative estimate of drug-likeness (QED) is 0.729. The number of hydrogen-bond acceptors (Lipinski definition) is 0. The second kappa shape index (κ2) is 7.89. The van der Waals surface area contributed by atoms with E-state index >= 15 is 0 Å². The smallest absolute Gasteiger partial charge is 0.269 e. The van der Waals surface area contributed by atoms with Crippen molar-refractivity contribution in [3.05, 3.63) is 42.5 Å². The van der Waals surface area contributed by atoms with Gasteiger partial charge in [0, 0.05) is 0 Å². The van der Waals surface area contributed by atoms with E-state index < -0.39 is 0 Å². The fourth-order valence-electron chi connectivity index (χ4n) is 1.92. The van der Waals surface area contributed by atoms with E-state index in [1.54, 1.807) is 8.85 Å². The Hall–Kier alpha value is -0.297. The maximum absolute atomic E-state index is 2.36. The van der Waals surface area contributed by atoms with Crippen molar-refractivity contribution >= 4 is 0 Å². The molecule has 3 heteroatoms. The normalized spacial score (nSPS) is 16.9. The summed E-state index contributed by atoms with van der Waals surface area (Å²) in [6, 6.07) is 0. The van der Waals surface area contributed by atoms with Gasteiger partial charge in [0.15, 0.2) is 0 Å². The summed E-state index contributed by atoms with van der Waals surface area (Å²) in [4.78, 5) is 0. The predicted octanol–water partition coefficient (Wildman–Crippen LogP) is 4.23. The van der Waals surface area contributed by atoms with Gasteiger partial charge in [0.05, 0.1) is 0 Å². The minimum absolute atomic E-state index is 0. The molecule has 0 atom stereocenters. The molecule has 0 radical (unpaired) electrons. The second-order valence-electron chi connectivity index (χ2n) is 3.81. The topological polar surface area (TPSA) is 0 Å². The molecule has 2 aliphatic rings. The Morgan fingerprint density at radius 2 is 2.00 bits per heavy atom. The zero-order chi connectivity index (χ0) is 9.80. The first-order valence-electron chi connectivity index (χ1n) is 5.41. The third-order valence-corrected chi connectivity index (χ3v) is 6.36. The number of halogens is 2. The summed E-state index contributed by atoms with van der Waals surface area (Å²) >= 11 is -0.377. The van der Waals surface area contributed by atoms with Crippen LogP contribution in [0.3, 0.4) is 0 Å². The van der Waals surface area contributed by atoms with Crippen molar-refractivity contribution in [1.82, 2.24) is 0 Å². The van der Waals surface area contributed by atoms with E-state index in [9.17, 15) is 0 Å². The van der Waals surface area contributed by atoms with E-state index in [0.29, 0.717) is 0 Å². The van der Waals surface area contributed by atoms with Crippen LogP contribution in [0.5, 0.6) is 0 Å². The third kappa shape index (κ3) is 3.94. The van der Waals surface area contributed by atoms with E-state index in [-0.39, 0.29) is 32.6 Å². The SMILES string of the molecule is CCCC1=[C]([Zr][C]2=CC=CC2)CC=C1.F.F. The average Bonchev–Trinajstić information content (AvgIpc) is 2.80. The first kappa shape index (κ1) is 15.7. The van der Waals surface area contributed by atoms with Crippen molar-refractivity contribution < 1.29 is 32.6 Å². The monoisotopic (exact) mass is 302 g/mol. The molecule has 0 aliphatic heterocycles. The van der Waals surface area contributed by atoms with Gasteiger partial charge in [-0.05, 0) is 0 Å². The maximum atomic E-state index is 2.36. The van der Waals surface area contributed by atoms with Crippen LogP contribution in [-0.4, -0.2) is 0 Å². The predicted molar refractivity (Wildman–Crippen MR) is 62.5 cm³/mol. The Morgan fingerprint density at radius 1 is 1.19 bits per heavy atom. The van der Waals surface area contributed by atoms with Crippen molar-refractivity contribution in [1.29, 1.82) is 0 Å². The Labute approximate surface area is 108 Å². The third-order valence-electron chi connectivity index (χ3n) is 2.63. The van der Waals surface area contributed by atoms with Crippen molar-refractivity contribution in [3.8, 4) is 0 Å². The number of allylic oxidation sites excluding steroid dienone is 8. The Balaban J connectivity index is 0.00000112. The molecule has 0 aromatic carbocycles. The zero-order valence-electron chi connectivity index (χ0n) is 9.53. The molecule has 0 nitrogen and oxygen atoms in total. The van der Waals surface area contributed by atoms with Crippen LogP contribution in [0.4, 0.5) is 9.41 Å². The molecular formula is C13H18F2Zr. The molecule has 0 saturated carbocycles. The van der Waals surface area contributed by atoms with Gasteiger partial charge in [-0.25, -0.2) is 0 Å². The summed E-state index contributed by atoms with van der Waals surface area (Å²) in [5, 5.41) is 0. The van der Waals surface area contributed by atoms with E-state index in [1.165, 1.54) is 25.7 Å². The van der Waals surface area contributed by atoms with Crippen LogP contribution in [0.15, 0.2) is 42.5 Å². The molecule has 0 aromatic rings. The molecule has 0 heterocycles. The molecule has 0 fully saturated rings.